The van der Waals surface area contributed by atoms with Gasteiger partial charge in [-0.1, -0.05) is 19.1 Å². The van der Waals surface area contributed by atoms with E-state index in [-0.39, 0.29) is 11.4 Å². The number of carbonyl (C=O) groups is 3. The first-order valence-corrected chi connectivity index (χ1v) is 12.0. The lowest BCUT2D eigenvalue weighted by Gasteiger charge is -2.13. The SMILES string of the molecule is CCc1ccc(NC(=O)CN2C(=O)S/C(=C/c3cc(I)cc(I)c3OC)C2=O)cc1. The number of hydrogen-bond donors (Lipinski definition) is 1. The lowest BCUT2D eigenvalue weighted by Crippen LogP contribution is -2.36. The smallest absolute Gasteiger partial charge is 0.294 e. The maximum absolute atomic E-state index is 12.8. The summed E-state index contributed by atoms with van der Waals surface area (Å²) in [5, 5.41) is 2.25. The number of nitrogens with one attached hydrogen (secondary N) is 1. The van der Waals surface area contributed by atoms with Gasteiger partial charge in [-0.15, -0.1) is 0 Å². The van der Waals surface area contributed by atoms with E-state index in [1.807, 2.05) is 31.2 Å². The van der Waals surface area contributed by atoms with Crippen molar-refractivity contribution in [2.24, 2.45) is 0 Å². The molecule has 3 rings (SSSR count). The number of thioether (sulfide) groups is 1. The van der Waals surface area contributed by atoms with E-state index in [4.69, 9.17) is 4.74 Å². The van der Waals surface area contributed by atoms with E-state index in [2.05, 4.69) is 50.5 Å². The van der Waals surface area contributed by atoms with Gasteiger partial charge in [0.25, 0.3) is 11.1 Å². The summed E-state index contributed by atoms with van der Waals surface area (Å²) < 4.78 is 7.33. The van der Waals surface area contributed by atoms with E-state index in [1.165, 1.54) is 0 Å². The van der Waals surface area contributed by atoms with Crippen molar-refractivity contribution in [3.8, 4) is 5.75 Å². The normalized spacial score (nSPS) is 15.1. The van der Waals surface area contributed by atoms with Crippen LogP contribution in [0.4, 0.5) is 10.5 Å². The molecule has 1 aliphatic heterocycles. The number of benzene rings is 2. The number of amides is 3. The van der Waals surface area contributed by atoms with Crippen LogP contribution < -0.4 is 10.1 Å². The molecule has 2 aromatic carbocycles. The predicted molar refractivity (Wildman–Crippen MR) is 136 cm³/mol. The molecule has 1 saturated heterocycles. The molecular formula is C21H18I2N2O4S. The van der Waals surface area contributed by atoms with Crippen molar-refractivity contribution < 1.29 is 19.1 Å². The third-order valence-corrected chi connectivity index (χ3v) is 6.68. The summed E-state index contributed by atoms with van der Waals surface area (Å²) in [7, 11) is 1.56. The minimum Gasteiger partial charge on any atom is -0.495 e. The molecule has 1 aliphatic rings. The van der Waals surface area contributed by atoms with Gasteiger partial charge in [0.2, 0.25) is 5.91 Å². The molecule has 3 amide bonds. The highest BCUT2D eigenvalue weighted by molar-refractivity contribution is 14.1. The fourth-order valence-corrected chi connectivity index (χ4v) is 5.79. The van der Waals surface area contributed by atoms with Gasteiger partial charge >= 0.3 is 0 Å². The predicted octanol–water partition coefficient (Wildman–Crippen LogP) is 5.14. The van der Waals surface area contributed by atoms with Gasteiger partial charge in [0.15, 0.2) is 0 Å². The van der Waals surface area contributed by atoms with Crippen LogP contribution in [0.1, 0.15) is 18.1 Å². The minimum atomic E-state index is -0.489. The molecule has 0 spiro atoms. The van der Waals surface area contributed by atoms with Crippen molar-refractivity contribution >= 4 is 85.8 Å². The molecule has 0 aromatic heterocycles. The fraction of sp³-hybridized carbons (Fsp3) is 0.190. The van der Waals surface area contributed by atoms with Crippen LogP contribution in [-0.2, 0) is 16.0 Å². The summed E-state index contributed by atoms with van der Waals surface area (Å²) in [6, 6.07) is 11.3. The number of imide groups is 1. The molecule has 2 aromatic rings. The van der Waals surface area contributed by atoms with Crippen molar-refractivity contribution in [3.05, 3.63) is 59.6 Å². The molecule has 6 nitrogen and oxygen atoms in total. The van der Waals surface area contributed by atoms with Gasteiger partial charge in [-0.3, -0.25) is 19.3 Å². The summed E-state index contributed by atoms with van der Waals surface area (Å²) in [6.45, 7) is 1.71. The Bertz CT molecular complexity index is 1040. The zero-order chi connectivity index (χ0) is 21.8. The zero-order valence-corrected chi connectivity index (χ0v) is 21.3. The van der Waals surface area contributed by atoms with Crippen LogP contribution in [0, 0.1) is 7.14 Å². The first-order chi connectivity index (χ1) is 14.3. The van der Waals surface area contributed by atoms with Crippen molar-refractivity contribution in [2.75, 3.05) is 19.0 Å². The number of nitrogens with zero attached hydrogens (tertiary/aromatic N) is 1. The van der Waals surface area contributed by atoms with Gasteiger partial charge in [-0.25, -0.2) is 0 Å². The molecule has 0 radical (unpaired) electrons. The number of ether oxygens (including phenoxy) is 1. The molecule has 0 bridgehead atoms. The van der Waals surface area contributed by atoms with Gasteiger partial charge in [0, 0.05) is 14.8 Å². The summed E-state index contributed by atoms with van der Waals surface area (Å²) in [5.41, 5.74) is 2.49. The summed E-state index contributed by atoms with van der Waals surface area (Å²) in [5.74, 6) is -0.280. The highest BCUT2D eigenvalue weighted by Crippen LogP contribution is 2.36. The quantitative estimate of drug-likeness (QED) is 0.347. The van der Waals surface area contributed by atoms with Crippen LogP contribution in [-0.4, -0.2) is 35.6 Å². The van der Waals surface area contributed by atoms with Crippen LogP contribution in [0.5, 0.6) is 5.75 Å². The monoisotopic (exact) mass is 648 g/mol. The standard InChI is InChI=1S/C21H18I2N2O4S/c1-3-12-4-6-15(7-5-12)24-18(26)11-25-20(27)17(30-21(25)28)9-13-8-14(22)10-16(23)19(13)29-2/h4-10H,3,11H2,1-2H3,(H,24,26)/b17-9+. The number of hydrogen-bond acceptors (Lipinski definition) is 5. The molecule has 9 heteroatoms. The van der Waals surface area contributed by atoms with Crippen LogP contribution >= 0.6 is 56.9 Å². The Hall–Kier alpha value is -1.60. The minimum absolute atomic E-state index is 0.260. The summed E-state index contributed by atoms with van der Waals surface area (Å²) in [4.78, 5) is 38.7. The Morgan fingerprint density at radius 1 is 1.20 bits per heavy atom. The average molecular weight is 648 g/mol. The topological polar surface area (TPSA) is 75.7 Å². The first-order valence-electron chi connectivity index (χ1n) is 8.99. The number of methoxy groups -OCH3 is 1. The van der Waals surface area contributed by atoms with Crippen LogP contribution in [0.25, 0.3) is 6.08 Å². The maximum Gasteiger partial charge on any atom is 0.294 e. The van der Waals surface area contributed by atoms with E-state index in [0.717, 1.165) is 35.8 Å². The van der Waals surface area contributed by atoms with Gasteiger partial charge in [0.05, 0.1) is 15.6 Å². The van der Waals surface area contributed by atoms with Gasteiger partial charge < -0.3 is 10.1 Å². The molecule has 0 unspecified atom stereocenters. The summed E-state index contributed by atoms with van der Waals surface area (Å²) >= 11 is 5.16. The van der Waals surface area contributed by atoms with E-state index in [9.17, 15) is 14.4 Å². The van der Waals surface area contributed by atoms with E-state index in [1.54, 1.807) is 25.3 Å². The second kappa shape index (κ2) is 10.1. The Morgan fingerprint density at radius 2 is 1.90 bits per heavy atom. The molecular weight excluding hydrogens is 630 g/mol. The second-order valence-corrected chi connectivity index (χ2v) is 9.78. The van der Waals surface area contributed by atoms with Crippen LogP contribution in [0.3, 0.4) is 0 Å². The van der Waals surface area contributed by atoms with Gasteiger partial charge in [-0.05, 0) is 99.3 Å². The average Bonchev–Trinajstić information content (AvgIpc) is 2.95. The fourth-order valence-electron chi connectivity index (χ4n) is 2.85. The maximum atomic E-state index is 12.8. The van der Waals surface area contributed by atoms with Gasteiger partial charge in [0.1, 0.15) is 12.3 Å². The van der Waals surface area contributed by atoms with Crippen molar-refractivity contribution in [2.45, 2.75) is 13.3 Å². The van der Waals surface area contributed by atoms with Crippen LogP contribution in [0.2, 0.25) is 0 Å². The number of aryl methyl sites for hydroxylation is 1. The second-order valence-electron chi connectivity index (χ2n) is 6.38. The molecule has 0 aliphatic carbocycles. The van der Waals surface area contributed by atoms with Crippen molar-refractivity contribution in [1.29, 1.82) is 0 Å². The third-order valence-electron chi connectivity index (χ3n) is 4.35. The number of halogens is 2. The van der Waals surface area contributed by atoms with E-state index < -0.39 is 17.1 Å². The number of rotatable bonds is 6. The zero-order valence-electron chi connectivity index (χ0n) is 16.2. The largest absolute Gasteiger partial charge is 0.495 e. The number of anilines is 1. The third kappa shape index (κ3) is 5.35. The Morgan fingerprint density at radius 3 is 2.53 bits per heavy atom. The Kier molecular flexibility index (Phi) is 7.80. The highest BCUT2D eigenvalue weighted by atomic mass is 127. The lowest BCUT2D eigenvalue weighted by atomic mass is 10.1. The molecule has 156 valence electrons. The number of carbonyl (C=O) groups excluding carboxylic acids is 3. The molecule has 1 N–H and O–H groups in total. The van der Waals surface area contributed by atoms with Crippen molar-refractivity contribution in [3.63, 3.8) is 0 Å². The van der Waals surface area contributed by atoms with E-state index >= 15 is 0 Å². The summed E-state index contributed by atoms with van der Waals surface area (Å²) in [6.07, 6.45) is 2.54. The first kappa shape index (κ1) is 23.1. The van der Waals surface area contributed by atoms with Crippen molar-refractivity contribution in [1.82, 2.24) is 4.90 Å². The lowest BCUT2D eigenvalue weighted by molar-refractivity contribution is -0.127. The van der Waals surface area contributed by atoms with E-state index in [0.29, 0.717) is 17.0 Å². The highest BCUT2D eigenvalue weighted by Gasteiger charge is 2.36. The van der Waals surface area contributed by atoms with Gasteiger partial charge in [-0.2, -0.15) is 0 Å². The molecule has 1 heterocycles. The molecule has 0 atom stereocenters. The molecule has 30 heavy (non-hydrogen) atoms. The Labute approximate surface area is 206 Å². The molecule has 0 saturated carbocycles. The molecule has 1 fully saturated rings. The van der Waals surface area contributed by atoms with Crippen LogP contribution in [0.15, 0.2) is 41.3 Å². The Balaban J connectivity index is 1.74.